The summed E-state index contributed by atoms with van der Waals surface area (Å²) in [6.45, 7) is 0.269. The molecule has 0 heterocycles. The van der Waals surface area contributed by atoms with Crippen LogP contribution in [0.5, 0.6) is 0 Å². The molecule has 0 bridgehead atoms. The van der Waals surface area contributed by atoms with E-state index in [1.54, 1.807) is 18.2 Å². The number of carbonyl (C=O) groups excluding carboxylic acids is 2. The van der Waals surface area contributed by atoms with Crippen LogP contribution in [0.3, 0.4) is 0 Å². The second-order valence-corrected chi connectivity index (χ2v) is 3.94. The van der Waals surface area contributed by atoms with Crippen molar-refractivity contribution in [3.63, 3.8) is 0 Å². The van der Waals surface area contributed by atoms with Crippen molar-refractivity contribution >= 4 is 17.8 Å². The molecular formula is C12H15N3O4. The number of nitrogens with two attached hydrogens (primary N) is 2. The van der Waals surface area contributed by atoms with Gasteiger partial charge in [-0.05, 0) is 17.7 Å². The molecule has 1 unspecified atom stereocenters. The van der Waals surface area contributed by atoms with E-state index in [1.807, 2.05) is 0 Å². The SMILES string of the molecule is NCc1cccc(C(=O)NC(CC(N)=O)C(=O)O)c1. The van der Waals surface area contributed by atoms with Crippen molar-refractivity contribution in [1.82, 2.24) is 5.32 Å². The van der Waals surface area contributed by atoms with Crippen LogP contribution in [-0.2, 0) is 16.1 Å². The second-order valence-electron chi connectivity index (χ2n) is 3.94. The van der Waals surface area contributed by atoms with Gasteiger partial charge in [0.15, 0.2) is 0 Å². The van der Waals surface area contributed by atoms with Crippen LogP contribution in [0.2, 0.25) is 0 Å². The maximum Gasteiger partial charge on any atom is 0.326 e. The number of hydrogen-bond donors (Lipinski definition) is 4. The van der Waals surface area contributed by atoms with E-state index >= 15 is 0 Å². The third-order valence-corrected chi connectivity index (χ3v) is 2.43. The molecule has 0 fully saturated rings. The normalized spacial score (nSPS) is 11.6. The van der Waals surface area contributed by atoms with E-state index in [-0.39, 0.29) is 12.1 Å². The van der Waals surface area contributed by atoms with E-state index < -0.39 is 30.2 Å². The number of nitrogens with one attached hydrogen (secondary N) is 1. The Balaban J connectivity index is 2.81. The van der Waals surface area contributed by atoms with Crippen LogP contribution in [-0.4, -0.2) is 28.9 Å². The fourth-order valence-corrected chi connectivity index (χ4v) is 1.48. The Morgan fingerprint density at radius 2 is 2.00 bits per heavy atom. The Kier molecular flexibility index (Phi) is 5.01. The first-order valence-corrected chi connectivity index (χ1v) is 5.55. The third-order valence-electron chi connectivity index (χ3n) is 2.43. The summed E-state index contributed by atoms with van der Waals surface area (Å²) < 4.78 is 0. The van der Waals surface area contributed by atoms with Gasteiger partial charge in [-0.2, -0.15) is 0 Å². The predicted octanol–water partition coefficient (Wildman–Crippen LogP) is -0.796. The lowest BCUT2D eigenvalue weighted by molar-refractivity contribution is -0.140. The first kappa shape index (κ1) is 14.7. The molecular weight excluding hydrogens is 250 g/mol. The third kappa shape index (κ3) is 4.40. The molecule has 0 saturated heterocycles. The molecule has 1 rings (SSSR count). The van der Waals surface area contributed by atoms with Gasteiger partial charge in [0.2, 0.25) is 5.91 Å². The van der Waals surface area contributed by atoms with Crippen molar-refractivity contribution in [1.29, 1.82) is 0 Å². The maximum atomic E-state index is 11.8. The summed E-state index contributed by atoms with van der Waals surface area (Å²) in [6, 6.07) is 5.12. The van der Waals surface area contributed by atoms with Gasteiger partial charge in [-0.1, -0.05) is 12.1 Å². The summed E-state index contributed by atoms with van der Waals surface area (Å²) in [5.41, 5.74) is 11.4. The molecule has 0 aliphatic heterocycles. The first-order chi connectivity index (χ1) is 8.93. The lowest BCUT2D eigenvalue weighted by Crippen LogP contribution is -2.43. The van der Waals surface area contributed by atoms with Crippen LogP contribution in [0.1, 0.15) is 22.3 Å². The molecule has 7 nitrogen and oxygen atoms in total. The van der Waals surface area contributed by atoms with Gasteiger partial charge in [-0.25, -0.2) is 4.79 Å². The molecule has 1 aromatic rings. The quantitative estimate of drug-likeness (QED) is 0.534. The van der Waals surface area contributed by atoms with Crippen molar-refractivity contribution in [3.05, 3.63) is 35.4 Å². The molecule has 1 atom stereocenters. The lowest BCUT2D eigenvalue weighted by Gasteiger charge is -2.13. The zero-order valence-corrected chi connectivity index (χ0v) is 10.1. The molecule has 0 saturated carbocycles. The minimum atomic E-state index is -1.34. The molecule has 0 aliphatic rings. The summed E-state index contributed by atoms with van der Waals surface area (Å²) >= 11 is 0. The minimum Gasteiger partial charge on any atom is -0.480 e. The Labute approximate surface area is 109 Å². The molecule has 1 aromatic carbocycles. The number of rotatable bonds is 6. The smallest absolute Gasteiger partial charge is 0.326 e. The first-order valence-electron chi connectivity index (χ1n) is 5.55. The second kappa shape index (κ2) is 6.50. The minimum absolute atomic E-state index is 0.269. The van der Waals surface area contributed by atoms with Crippen LogP contribution >= 0.6 is 0 Å². The molecule has 19 heavy (non-hydrogen) atoms. The van der Waals surface area contributed by atoms with Crippen molar-refractivity contribution in [2.45, 2.75) is 19.0 Å². The van der Waals surface area contributed by atoms with Crippen LogP contribution in [0.4, 0.5) is 0 Å². The molecule has 0 aromatic heterocycles. The summed E-state index contributed by atoms with van der Waals surface area (Å²) in [6.07, 6.45) is -0.461. The molecule has 7 heteroatoms. The van der Waals surface area contributed by atoms with Crippen LogP contribution in [0.15, 0.2) is 24.3 Å². The van der Waals surface area contributed by atoms with E-state index in [2.05, 4.69) is 5.32 Å². The Hall–Kier alpha value is -2.41. The van der Waals surface area contributed by atoms with E-state index in [1.165, 1.54) is 6.07 Å². The van der Waals surface area contributed by atoms with Gasteiger partial charge in [0.05, 0.1) is 6.42 Å². The van der Waals surface area contributed by atoms with Gasteiger partial charge in [-0.3, -0.25) is 9.59 Å². The number of hydrogen-bond acceptors (Lipinski definition) is 4. The number of carboxylic acids is 1. The Bertz CT molecular complexity index is 502. The van der Waals surface area contributed by atoms with Crippen LogP contribution < -0.4 is 16.8 Å². The van der Waals surface area contributed by atoms with Gasteiger partial charge in [0.1, 0.15) is 6.04 Å². The number of carboxylic acid groups (broad SMARTS) is 1. The number of benzene rings is 1. The van der Waals surface area contributed by atoms with Crippen molar-refractivity contribution in [3.8, 4) is 0 Å². The van der Waals surface area contributed by atoms with Crippen molar-refractivity contribution < 1.29 is 19.5 Å². The van der Waals surface area contributed by atoms with Gasteiger partial charge >= 0.3 is 5.97 Å². The van der Waals surface area contributed by atoms with E-state index in [4.69, 9.17) is 16.6 Å². The van der Waals surface area contributed by atoms with Gasteiger partial charge < -0.3 is 21.9 Å². The molecule has 102 valence electrons. The molecule has 6 N–H and O–H groups in total. The lowest BCUT2D eigenvalue weighted by atomic mass is 10.1. The van der Waals surface area contributed by atoms with E-state index in [0.29, 0.717) is 0 Å². The van der Waals surface area contributed by atoms with E-state index in [0.717, 1.165) is 5.56 Å². The monoisotopic (exact) mass is 265 g/mol. The zero-order valence-electron chi connectivity index (χ0n) is 10.1. The molecule has 0 spiro atoms. The summed E-state index contributed by atoms with van der Waals surface area (Å²) in [4.78, 5) is 33.4. The molecule has 2 amide bonds. The summed E-state index contributed by atoms with van der Waals surface area (Å²) in [7, 11) is 0. The highest BCUT2D eigenvalue weighted by Gasteiger charge is 2.22. The van der Waals surface area contributed by atoms with Crippen LogP contribution in [0, 0.1) is 0 Å². The Morgan fingerprint density at radius 3 is 2.53 bits per heavy atom. The van der Waals surface area contributed by atoms with Gasteiger partial charge in [-0.15, -0.1) is 0 Å². The van der Waals surface area contributed by atoms with Crippen molar-refractivity contribution in [2.24, 2.45) is 11.5 Å². The number of amides is 2. The fraction of sp³-hybridized carbons (Fsp3) is 0.250. The molecule has 0 aliphatic carbocycles. The van der Waals surface area contributed by atoms with Crippen molar-refractivity contribution in [2.75, 3.05) is 0 Å². The van der Waals surface area contributed by atoms with Gasteiger partial charge in [0.25, 0.3) is 5.91 Å². The van der Waals surface area contributed by atoms with Crippen LogP contribution in [0.25, 0.3) is 0 Å². The summed E-state index contributed by atoms with van der Waals surface area (Å²) in [5.74, 6) is -2.71. The predicted molar refractivity (Wildman–Crippen MR) is 67.0 cm³/mol. The highest BCUT2D eigenvalue weighted by atomic mass is 16.4. The maximum absolute atomic E-state index is 11.8. The average molecular weight is 265 g/mol. The van der Waals surface area contributed by atoms with E-state index in [9.17, 15) is 14.4 Å². The number of aliphatic carboxylic acids is 1. The standard InChI is InChI=1S/C12H15N3O4/c13-6-7-2-1-3-8(4-7)11(17)15-9(12(18)19)5-10(14)16/h1-4,9H,5-6,13H2,(H2,14,16)(H,15,17)(H,18,19). The topological polar surface area (TPSA) is 136 Å². The number of carbonyl (C=O) groups is 3. The highest BCUT2D eigenvalue weighted by Crippen LogP contribution is 2.05. The molecule has 0 radical (unpaired) electrons. The summed E-state index contributed by atoms with van der Waals surface area (Å²) in [5, 5.41) is 11.1. The number of primary amides is 1. The zero-order chi connectivity index (χ0) is 14.4. The van der Waals surface area contributed by atoms with Gasteiger partial charge in [0, 0.05) is 12.1 Å². The highest BCUT2D eigenvalue weighted by molar-refractivity contribution is 5.97. The Morgan fingerprint density at radius 1 is 1.32 bits per heavy atom. The largest absolute Gasteiger partial charge is 0.480 e. The fourth-order valence-electron chi connectivity index (χ4n) is 1.48. The average Bonchev–Trinajstić information content (AvgIpc) is 2.37.